The van der Waals surface area contributed by atoms with Crippen LogP contribution in [0.2, 0.25) is 0 Å². The number of carbonyl (C=O) groups is 1. The zero-order chi connectivity index (χ0) is 18.6. The van der Waals surface area contributed by atoms with Crippen molar-refractivity contribution in [3.05, 3.63) is 83.9 Å². The van der Waals surface area contributed by atoms with Gasteiger partial charge in [-0.1, -0.05) is 30.3 Å². The van der Waals surface area contributed by atoms with Gasteiger partial charge in [0.15, 0.2) is 0 Å². The van der Waals surface area contributed by atoms with Crippen molar-refractivity contribution in [1.29, 1.82) is 0 Å². The Hall–Kier alpha value is -2.99. The highest BCUT2D eigenvalue weighted by Crippen LogP contribution is 2.14. The van der Waals surface area contributed by atoms with E-state index in [0.717, 1.165) is 30.9 Å². The summed E-state index contributed by atoms with van der Waals surface area (Å²) in [6.45, 7) is 3.50. The van der Waals surface area contributed by atoms with Crippen molar-refractivity contribution in [2.45, 2.75) is 6.54 Å². The first-order valence-corrected chi connectivity index (χ1v) is 9.06. The van der Waals surface area contributed by atoms with Crippen LogP contribution in [0.4, 0.5) is 4.39 Å². The van der Waals surface area contributed by atoms with Crippen molar-refractivity contribution in [1.82, 2.24) is 19.6 Å². The minimum atomic E-state index is -0.460. The van der Waals surface area contributed by atoms with Crippen LogP contribution >= 0.6 is 0 Å². The molecular weight excluding hydrogens is 343 g/mol. The number of benzene rings is 2. The number of para-hydroxylation sites is 1. The molecule has 0 radical (unpaired) electrons. The third-order valence-corrected chi connectivity index (χ3v) is 4.83. The van der Waals surface area contributed by atoms with Gasteiger partial charge in [-0.05, 0) is 24.3 Å². The number of rotatable bonds is 4. The van der Waals surface area contributed by atoms with Crippen LogP contribution in [0.3, 0.4) is 0 Å². The van der Waals surface area contributed by atoms with Crippen LogP contribution in [0.1, 0.15) is 15.9 Å². The summed E-state index contributed by atoms with van der Waals surface area (Å²) < 4.78 is 15.7. The Morgan fingerprint density at radius 2 is 1.67 bits per heavy atom. The average molecular weight is 364 g/mol. The largest absolute Gasteiger partial charge is 0.336 e. The Bertz CT molecular complexity index is 917. The molecule has 1 amide bonds. The number of carbonyl (C=O) groups excluding carboxylic acids is 1. The molecule has 6 heteroatoms. The molecule has 0 spiro atoms. The molecule has 0 atom stereocenters. The normalized spacial score (nSPS) is 15.1. The van der Waals surface area contributed by atoms with E-state index in [4.69, 9.17) is 0 Å². The predicted molar refractivity (Wildman–Crippen MR) is 101 cm³/mol. The molecule has 2 heterocycles. The molecule has 2 aromatic carbocycles. The van der Waals surface area contributed by atoms with Gasteiger partial charge in [0.1, 0.15) is 5.82 Å². The maximum absolute atomic E-state index is 13.8. The predicted octanol–water partition coefficient (Wildman–Crippen LogP) is 2.97. The fourth-order valence-electron chi connectivity index (χ4n) is 3.34. The molecular formula is C21H21FN4O. The first kappa shape index (κ1) is 17.4. The second kappa shape index (κ2) is 7.72. The molecule has 0 bridgehead atoms. The number of amides is 1. The smallest absolute Gasteiger partial charge is 0.256 e. The highest BCUT2D eigenvalue weighted by atomic mass is 19.1. The Morgan fingerprint density at radius 1 is 0.963 bits per heavy atom. The third kappa shape index (κ3) is 3.90. The fourth-order valence-corrected chi connectivity index (χ4v) is 3.34. The first-order valence-electron chi connectivity index (χ1n) is 9.06. The van der Waals surface area contributed by atoms with E-state index in [1.807, 2.05) is 47.4 Å². The van der Waals surface area contributed by atoms with Crippen molar-refractivity contribution in [2.24, 2.45) is 0 Å². The van der Waals surface area contributed by atoms with Gasteiger partial charge < -0.3 is 4.90 Å². The van der Waals surface area contributed by atoms with Crippen LogP contribution < -0.4 is 0 Å². The number of halogens is 1. The van der Waals surface area contributed by atoms with E-state index >= 15 is 0 Å². The van der Waals surface area contributed by atoms with Crippen molar-refractivity contribution in [3.63, 3.8) is 0 Å². The summed E-state index contributed by atoms with van der Waals surface area (Å²) in [5, 5.41) is 4.43. The SMILES string of the molecule is O=C(c1ccccc1F)N1CCN(Cc2cnn(-c3ccccc3)c2)CC1. The minimum Gasteiger partial charge on any atom is -0.336 e. The molecule has 1 aromatic heterocycles. The molecule has 5 nitrogen and oxygen atoms in total. The maximum atomic E-state index is 13.8. The third-order valence-electron chi connectivity index (χ3n) is 4.83. The van der Waals surface area contributed by atoms with Gasteiger partial charge in [0.05, 0.1) is 17.4 Å². The van der Waals surface area contributed by atoms with Crippen molar-refractivity contribution in [2.75, 3.05) is 26.2 Å². The molecule has 27 heavy (non-hydrogen) atoms. The molecule has 4 rings (SSSR count). The Labute approximate surface area is 157 Å². The van der Waals surface area contributed by atoms with Gasteiger partial charge in [0, 0.05) is 44.5 Å². The summed E-state index contributed by atoms with van der Waals surface area (Å²) in [6.07, 6.45) is 3.91. The quantitative estimate of drug-likeness (QED) is 0.715. The van der Waals surface area contributed by atoms with Gasteiger partial charge in [-0.25, -0.2) is 9.07 Å². The first-order chi connectivity index (χ1) is 13.2. The van der Waals surface area contributed by atoms with E-state index in [0.29, 0.717) is 13.1 Å². The molecule has 1 fully saturated rings. The van der Waals surface area contributed by atoms with E-state index in [1.54, 1.807) is 23.1 Å². The lowest BCUT2D eigenvalue weighted by Crippen LogP contribution is -2.48. The van der Waals surface area contributed by atoms with E-state index in [-0.39, 0.29) is 11.5 Å². The van der Waals surface area contributed by atoms with Crippen molar-refractivity contribution >= 4 is 5.91 Å². The summed E-state index contributed by atoms with van der Waals surface area (Å²) in [7, 11) is 0. The second-order valence-electron chi connectivity index (χ2n) is 6.68. The number of aromatic nitrogens is 2. The molecule has 0 saturated carbocycles. The summed E-state index contributed by atoms with van der Waals surface area (Å²) in [6, 6.07) is 16.2. The van der Waals surface area contributed by atoms with Gasteiger partial charge in [-0.3, -0.25) is 9.69 Å². The highest BCUT2D eigenvalue weighted by Gasteiger charge is 2.24. The summed E-state index contributed by atoms with van der Waals surface area (Å²) >= 11 is 0. The average Bonchev–Trinajstić information content (AvgIpc) is 3.18. The molecule has 0 unspecified atom stereocenters. The standard InChI is InChI=1S/C21H21FN4O/c22-20-9-5-4-8-19(20)21(27)25-12-10-24(11-13-25)15-17-14-23-26(16-17)18-6-2-1-3-7-18/h1-9,14,16H,10-13,15H2. The molecule has 3 aromatic rings. The second-order valence-corrected chi connectivity index (χ2v) is 6.68. The number of hydrogen-bond donors (Lipinski definition) is 0. The summed E-state index contributed by atoms with van der Waals surface area (Å²) in [5.41, 5.74) is 2.31. The number of nitrogens with zero attached hydrogens (tertiary/aromatic N) is 4. The lowest BCUT2D eigenvalue weighted by atomic mass is 10.1. The summed E-state index contributed by atoms with van der Waals surface area (Å²) in [4.78, 5) is 16.5. The highest BCUT2D eigenvalue weighted by molar-refractivity contribution is 5.94. The maximum Gasteiger partial charge on any atom is 0.256 e. The molecule has 0 N–H and O–H groups in total. The minimum absolute atomic E-state index is 0.148. The van der Waals surface area contributed by atoms with Crippen molar-refractivity contribution in [3.8, 4) is 5.69 Å². The van der Waals surface area contributed by atoms with Crippen LogP contribution in [0.25, 0.3) is 5.69 Å². The number of hydrogen-bond acceptors (Lipinski definition) is 3. The zero-order valence-corrected chi connectivity index (χ0v) is 15.0. The van der Waals surface area contributed by atoms with Crippen molar-refractivity contribution < 1.29 is 9.18 Å². The Kier molecular flexibility index (Phi) is 4.98. The van der Waals surface area contributed by atoms with Crippen LogP contribution in [0, 0.1) is 5.82 Å². The van der Waals surface area contributed by atoms with Gasteiger partial charge in [-0.2, -0.15) is 5.10 Å². The van der Waals surface area contributed by atoms with E-state index < -0.39 is 5.82 Å². The van der Waals surface area contributed by atoms with E-state index in [9.17, 15) is 9.18 Å². The van der Waals surface area contributed by atoms with E-state index in [2.05, 4.69) is 10.00 Å². The van der Waals surface area contributed by atoms with Crippen LogP contribution in [0.15, 0.2) is 67.0 Å². The number of piperazine rings is 1. The lowest BCUT2D eigenvalue weighted by Gasteiger charge is -2.34. The Morgan fingerprint density at radius 3 is 2.41 bits per heavy atom. The van der Waals surface area contributed by atoms with E-state index in [1.165, 1.54) is 6.07 Å². The van der Waals surface area contributed by atoms with Gasteiger partial charge in [0.2, 0.25) is 0 Å². The fraction of sp³-hybridized carbons (Fsp3) is 0.238. The van der Waals surface area contributed by atoms with Gasteiger partial charge in [-0.15, -0.1) is 0 Å². The molecule has 138 valence electrons. The molecule has 1 aliphatic rings. The Balaban J connectivity index is 1.34. The van der Waals surface area contributed by atoms with Crippen LogP contribution in [-0.2, 0) is 6.54 Å². The molecule has 1 saturated heterocycles. The summed E-state index contributed by atoms with van der Waals surface area (Å²) in [5.74, 6) is -0.692. The van der Waals surface area contributed by atoms with Crippen LogP contribution in [-0.4, -0.2) is 51.7 Å². The van der Waals surface area contributed by atoms with Gasteiger partial charge in [0.25, 0.3) is 5.91 Å². The monoisotopic (exact) mass is 364 g/mol. The van der Waals surface area contributed by atoms with Gasteiger partial charge >= 0.3 is 0 Å². The lowest BCUT2D eigenvalue weighted by molar-refractivity contribution is 0.0624. The molecule has 0 aliphatic carbocycles. The van der Waals surface area contributed by atoms with Crippen LogP contribution in [0.5, 0.6) is 0 Å². The zero-order valence-electron chi connectivity index (χ0n) is 15.0. The topological polar surface area (TPSA) is 41.4 Å². The molecule has 1 aliphatic heterocycles.